The van der Waals surface area contributed by atoms with Gasteiger partial charge in [-0.15, -0.1) is 0 Å². The third-order valence-electron chi connectivity index (χ3n) is 2.77. The summed E-state index contributed by atoms with van der Waals surface area (Å²) in [5.74, 6) is -0.394. The molecule has 0 fully saturated rings. The van der Waals surface area contributed by atoms with Crippen LogP contribution in [0.4, 0.5) is 5.00 Å². The van der Waals surface area contributed by atoms with Gasteiger partial charge in [-0.25, -0.2) is 9.31 Å². The van der Waals surface area contributed by atoms with Crippen LogP contribution >= 0.6 is 11.3 Å². The zero-order valence-corrected chi connectivity index (χ0v) is 12.7. The Morgan fingerprint density at radius 2 is 2.24 bits per heavy atom. The Morgan fingerprint density at radius 1 is 1.48 bits per heavy atom. The lowest BCUT2D eigenvalue weighted by Gasteiger charge is -2.20. The molecule has 0 saturated carbocycles. The number of hydrogen-bond donors (Lipinski definition) is 2. The molecular weight excluding hydrogens is 290 g/mol. The summed E-state index contributed by atoms with van der Waals surface area (Å²) in [5, 5.41) is 17.6. The van der Waals surface area contributed by atoms with E-state index in [0.717, 1.165) is 4.83 Å². The molecule has 0 unspecified atom stereocenters. The Kier molecular flexibility index (Phi) is 3.02. The van der Waals surface area contributed by atoms with Crippen LogP contribution in [0.3, 0.4) is 0 Å². The predicted octanol–water partition coefficient (Wildman–Crippen LogP) is 3.56. The van der Waals surface area contributed by atoms with Crippen molar-refractivity contribution in [1.82, 2.24) is 9.61 Å². The van der Waals surface area contributed by atoms with Gasteiger partial charge < -0.3 is 14.8 Å². The lowest BCUT2D eigenvalue weighted by molar-refractivity contribution is 0.0689. The molecular formula is C14H15N3O3S. The summed E-state index contributed by atoms with van der Waals surface area (Å²) in [4.78, 5) is 12.3. The number of carbonyl (C=O) groups is 1. The van der Waals surface area contributed by atoms with Gasteiger partial charge >= 0.3 is 5.97 Å². The number of anilines is 1. The molecule has 110 valence electrons. The van der Waals surface area contributed by atoms with E-state index in [4.69, 9.17) is 4.42 Å². The standard InChI is InChI=1S/C14H15N3O3S/c1-14(2,3)15-12-11(13(18)19)17-10(21-12)7-8(16-17)9-5-4-6-20-9/h4-7,15H,1-3H3,(H,18,19). The molecule has 0 aliphatic rings. The van der Waals surface area contributed by atoms with Crippen molar-refractivity contribution < 1.29 is 14.3 Å². The van der Waals surface area contributed by atoms with Crippen molar-refractivity contribution in [2.45, 2.75) is 26.3 Å². The smallest absolute Gasteiger partial charge is 0.357 e. The fourth-order valence-corrected chi connectivity index (χ4v) is 3.23. The van der Waals surface area contributed by atoms with Crippen LogP contribution < -0.4 is 5.32 Å². The minimum Gasteiger partial charge on any atom is -0.476 e. The van der Waals surface area contributed by atoms with Crippen molar-refractivity contribution in [3.8, 4) is 11.5 Å². The van der Waals surface area contributed by atoms with Gasteiger partial charge in [0.25, 0.3) is 0 Å². The molecule has 0 aliphatic carbocycles. The number of carboxylic acid groups (broad SMARTS) is 1. The fourth-order valence-electron chi connectivity index (χ4n) is 2.00. The lowest BCUT2D eigenvalue weighted by Crippen LogP contribution is -2.26. The SMILES string of the molecule is CC(C)(C)Nc1sc2cc(-c3ccco3)nn2c1C(=O)O. The number of thiazole rings is 1. The zero-order chi connectivity index (χ0) is 15.2. The Balaban J connectivity index is 2.13. The van der Waals surface area contributed by atoms with E-state index in [2.05, 4.69) is 10.4 Å². The molecule has 0 radical (unpaired) electrons. The quantitative estimate of drug-likeness (QED) is 0.773. The average Bonchev–Trinajstić information content (AvgIpc) is 2.97. The zero-order valence-electron chi connectivity index (χ0n) is 11.9. The average molecular weight is 305 g/mol. The number of rotatable bonds is 3. The van der Waals surface area contributed by atoms with Gasteiger partial charge in [-0.3, -0.25) is 0 Å². The van der Waals surface area contributed by atoms with Crippen molar-refractivity contribution in [3.05, 3.63) is 30.2 Å². The van der Waals surface area contributed by atoms with Crippen LogP contribution in [0, 0.1) is 0 Å². The van der Waals surface area contributed by atoms with E-state index in [1.807, 2.05) is 26.8 Å². The summed E-state index contributed by atoms with van der Waals surface area (Å²) in [6, 6.07) is 5.39. The van der Waals surface area contributed by atoms with Gasteiger partial charge in [0.05, 0.1) is 6.26 Å². The van der Waals surface area contributed by atoms with Crippen molar-refractivity contribution in [3.63, 3.8) is 0 Å². The molecule has 3 aromatic rings. The number of hydrogen-bond acceptors (Lipinski definition) is 5. The molecule has 6 nitrogen and oxygen atoms in total. The molecule has 0 saturated heterocycles. The van der Waals surface area contributed by atoms with Gasteiger partial charge in [0.2, 0.25) is 0 Å². The van der Waals surface area contributed by atoms with Crippen LogP contribution in [-0.4, -0.2) is 26.2 Å². The summed E-state index contributed by atoms with van der Waals surface area (Å²) in [6.07, 6.45) is 1.56. The molecule has 3 heterocycles. The Labute approximate surface area is 125 Å². The molecule has 7 heteroatoms. The van der Waals surface area contributed by atoms with Gasteiger partial charge in [0.1, 0.15) is 15.5 Å². The highest BCUT2D eigenvalue weighted by Crippen LogP contribution is 2.33. The predicted molar refractivity (Wildman–Crippen MR) is 81.1 cm³/mol. The maximum Gasteiger partial charge on any atom is 0.357 e. The maximum absolute atomic E-state index is 11.6. The molecule has 3 rings (SSSR count). The number of furan rings is 1. The number of aromatic carboxylic acids is 1. The number of nitrogens with one attached hydrogen (secondary N) is 1. The lowest BCUT2D eigenvalue weighted by atomic mass is 10.1. The minimum absolute atomic E-state index is 0.141. The van der Waals surface area contributed by atoms with Crippen molar-refractivity contribution in [2.75, 3.05) is 5.32 Å². The van der Waals surface area contributed by atoms with Crippen molar-refractivity contribution in [2.24, 2.45) is 0 Å². The van der Waals surface area contributed by atoms with E-state index in [-0.39, 0.29) is 11.2 Å². The molecule has 0 spiro atoms. The Morgan fingerprint density at radius 3 is 2.81 bits per heavy atom. The second-order valence-corrected chi connectivity index (χ2v) is 6.75. The van der Waals surface area contributed by atoms with Crippen LogP contribution in [0.25, 0.3) is 16.3 Å². The summed E-state index contributed by atoms with van der Waals surface area (Å²) >= 11 is 1.36. The third-order valence-corrected chi connectivity index (χ3v) is 3.77. The van der Waals surface area contributed by atoms with E-state index in [9.17, 15) is 9.90 Å². The van der Waals surface area contributed by atoms with E-state index >= 15 is 0 Å². The van der Waals surface area contributed by atoms with Crippen LogP contribution in [-0.2, 0) is 0 Å². The number of carboxylic acids is 1. The highest BCUT2D eigenvalue weighted by Gasteiger charge is 2.24. The Bertz CT molecular complexity index is 794. The number of aromatic nitrogens is 2. The number of nitrogens with zero attached hydrogens (tertiary/aromatic N) is 2. The van der Waals surface area contributed by atoms with Crippen LogP contribution in [0.1, 0.15) is 31.3 Å². The second kappa shape index (κ2) is 4.63. The molecule has 3 aromatic heterocycles. The molecule has 2 N–H and O–H groups in total. The molecule has 0 atom stereocenters. The molecule has 0 aliphatic heterocycles. The third kappa shape index (κ3) is 2.52. The van der Waals surface area contributed by atoms with Crippen molar-refractivity contribution >= 4 is 27.1 Å². The van der Waals surface area contributed by atoms with Gasteiger partial charge in [-0.05, 0) is 32.9 Å². The normalized spacial score (nSPS) is 12.0. The van der Waals surface area contributed by atoms with Gasteiger partial charge in [-0.1, -0.05) is 11.3 Å². The first-order valence-corrected chi connectivity index (χ1v) is 7.25. The monoisotopic (exact) mass is 305 g/mol. The van der Waals surface area contributed by atoms with Gasteiger partial charge in [-0.2, -0.15) is 5.10 Å². The summed E-state index contributed by atoms with van der Waals surface area (Å²) in [7, 11) is 0. The topological polar surface area (TPSA) is 79.8 Å². The second-order valence-electron chi connectivity index (χ2n) is 5.72. The Hall–Kier alpha value is -2.28. The molecule has 21 heavy (non-hydrogen) atoms. The minimum atomic E-state index is -1.01. The van der Waals surface area contributed by atoms with Crippen LogP contribution in [0.2, 0.25) is 0 Å². The maximum atomic E-state index is 11.6. The van der Waals surface area contributed by atoms with E-state index in [1.54, 1.807) is 18.4 Å². The summed E-state index contributed by atoms with van der Waals surface area (Å²) in [6.45, 7) is 5.94. The summed E-state index contributed by atoms with van der Waals surface area (Å²) < 4.78 is 6.74. The highest BCUT2D eigenvalue weighted by atomic mass is 32.1. The molecule has 0 bridgehead atoms. The van der Waals surface area contributed by atoms with Crippen LogP contribution in [0.5, 0.6) is 0 Å². The van der Waals surface area contributed by atoms with Gasteiger partial charge in [0.15, 0.2) is 11.5 Å². The van der Waals surface area contributed by atoms with Crippen LogP contribution in [0.15, 0.2) is 28.9 Å². The van der Waals surface area contributed by atoms with E-state index in [1.165, 1.54) is 15.9 Å². The largest absolute Gasteiger partial charge is 0.476 e. The molecule has 0 amide bonds. The first kappa shape index (κ1) is 13.7. The first-order valence-electron chi connectivity index (χ1n) is 6.43. The van der Waals surface area contributed by atoms with E-state index < -0.39 is 5.97 Å². The fraction of sp³-hybridized carbons (Fsp3) is 0.286. The van der Waals surface area contributed by atoms with Gasteiger partial charge in [0, 0.05) is 11.6 Å². The molecule has 0 aromatic carbocycles. The highest BCUT2D eigenvalue weighted by molar-refractivity contribution is 7.21. The summed E-state index contributed by atoms with van der Waals surface area (Å²) in [5.41, 5.74) is 0.537. The van der Waals surface area contributed by atoms with E-state index in [0.29, 0.717) is 16.5 Å². The number of fused-ring (bicyclic) bond motifs is 1. The first-order chi connectivity index (χ1) is 9.85. The van der Waals surface area contributed by atoms with Crippen molar-refractivity contribution in [1.29, 1.82) is 0 Å².